The molecule has 0 unspecified atom stereocenters. The SMILES string of the molecule is O=C(CCCCSc1nc(-c2ccccc2)c(-c2ccccc2)[nH]1)Nc1ccc(F)cc1F. The van der Waals surface area contributed by atoms with E-state index in [1.165, 1.54) is 6.07 Å². The van der Waals surface area contributed by atoms with Crippen molar-refractivity contribution in [3.8, 4) is 22.5 Å². The van der Waals surface area contributed by atoms with Gasteiger partial charge in [0, 0.05) is 29.4 Å². The number of aromatic amines is 1. The van der Waals surface area contributed by atoms with Gasteiger partial charge >= 0.3 is 0 Å². The number of thioether (sulfide) groups is 1. The van der Waals surface area contributed by atoms with Gasteiger partial charge < -0.3 is 10.3 Å². The fourth-order valence-electron chi connectivity index (χ4n) is 3.40. The molecule has 3 aromatic carbocycles. The number of carbonyl (C=O) groups excluding carboxylic acids is 1. The van der Waals surface area contributed by atoms with Crippen LogP contribution in [-0.4, -0.2) is 21.6 Å². The Hall–Kier alpha value is -3.45. The first-order valence-electron chi connectivity index (χ1n) is 10.7. The van der Waals surface area contributed by atoms with Gasteiger partial charge in [-0.3, -0.25) is 4.79 Å². The fraction of sp³-hybridized carbons (Fsp3) is 0.154. The first-order chi connectivity index (χ1) is 16.1. The van der Waals surface area contributed by atoms with Crippen molar-refractivity contribution in [2.75, 3.05) is 11.1 Å². The quantitative estimate of drug-likeness (QED) is 0.209. The molecule has 2 N–H and O–H groups in total. The molecule has 0 radical (unpaired) electrons. The van der Waals surface area contributed by atoms with Crippen molar-refractivity contribution in [1.82, 2.24) is 9.97 Å². The van der Waals surface area contributed by atoms with E-state index in [1.54, 1.807) is 11.8 Å². The van der Waals surface area contributed by atoms with E-state index >= 15 is 0 Å². The van der Waals surface area contributed by atoms with Gasteiger partial charge in [0.05, 0.1) is 17.1 Å². The maximum Gasteiger partial charge on any atom is 0.224 e. The number of benzene rings is 3. The highest BCUT2D eigenvalue weighted by molar-refractivity contribution is 7.99. The van der Waals surface area contributed by atoms with Gasteiger partial charge in [0.15, 0.2) is 5.16 Å². The summed E-state index contributed by atoms with van der Waals surface area (Å²) in [6.07, 6.45) is 1.71. The van der Waals surface area contributed by atoms with Crippen LogP contribution in [0.3, 0.4) is 0 Å². The van der Waals surface area contributed by atoms with Gasteiger partial charge in [0.25, 0.3) is 0 Å². The Morgan fingerprint density at radius 3 is 2.30 bits per heavy atom. The van der Waals surface area contributed by atoms with Gasteiger partial charge in [0.2, 0.25) is 5.91 Å². The molecule has 4 aromatic rings. The smallest absolute Gasteiger partial charge is 0.224 e. The van der Waals surface area contributed by atoms with E-state index in [9.17, 15) is 13.6 Å². The molecule has 4 rings (SSSR count). The zero-order valence-electron chi connectivity index (χ0n) is 17.9. The Bertz CT molecular complexity index is 1160. The summed E-state index contributed by atoms with van der Waals surface area (Å²) < 4.78 is 26.6. The van der Waals surface area contributed by atoms with Crippen molar-refractivity contribution in [2.24, 2.45) is 0 Å². The lowest BCUT2D eigenvalue weighted by Gasteiger charge is -2.06. The van der Waals surface area contributed by atoms with Crippen LogP contribution in [0.2, 0.25) is 0 Å². The molecular weight excluding hydrogens is 440 g/mol. The largest absolute Gasteiger partial charge is 0.332 e. The molecule has 168 valence electrons. The van der Waals surface area contributed by atoms with E-state index in [0.29, 0.717) is 6.42 Å². The van der Waals surface area contributed by atoms with Gasteiger partial charge in [-0.25, -0.2) is 13.8 Å². The number of nitrogens with zero attached hydrogens (tertiary/aromatic N) is 1. The molecule has 7 heteroatoms. The summed E-state index contributed by atoms with van der Waals surface area (Å²) in [7, 11) is 0. The van der Waals surface area contributed by atoms with E-state index in [2.05, 4.69) is 22.4 Å². The van der Waals surface area contributed by atoms with Crippen LogP contribution in [0.25, 0.3) is 22.5 Å². The number of hydrogen-bond acceptors (Lipinski definition) is 3. The van der Waals surface area contributed by atoms with Gasteiger partial charge in [-0.2, -0.15) is 0 Å². The third-order valence-corrected chi connectivity index (χ3v) is 5.99. The van der Waals surface area contributed by atoms with E-state index in [1.807, 2.05) is 48.5 Å². The number of hydrogen-bond donors (Lipinski definition) is 2. The topological polar surface area (TPSA) is 57.8 Å². The first-order valence-corrected chi connectivity index (χ1v) is 11.7. The summed E-state index contributed by atoms with van der Waals surface area (Å²) in [4.78, 5) is 20.3. The Kier molecular flexibility index (Phi) is 7.52. The molecule has 33 heavy (non-hydrogen) atoms. The second kappa shape index (κ2) is 10.9. The van der Waals surface area contributed by atoms with Crippen LogP contribution in [0.1, 0.15) is 19.3 Å². The monoisotopic (exact) mass is 463 g/mol. The summed E-state index contributed by atoms with van der Waals surface area (Å²) in [5, 5.41) is 3.31. The Morgan fingerprint density at radius 1 is 0.909 bits per heavy atom. The van der Waals surface area contributed by atoms with Crippen molar-refractivity contribution in [1.29, 1.82) is 0 Å². The number of imidazole rings is 1. The van der Waals surface area contributed by atoms with Crippen LogP contribution < -0.4 is 5.32 Å². The fourth-order valence-corrected chi connectivity index (χ4v) is 4.27. The van der Waals surface area contributed by atoms with E-state index < -0.39 is 11.6 Å². The second-order valence-corrected chi connectivity index (χ2v) is 8.56. The van der Waals surface area contributed by atoms with Crippen molar-refractivity contribution >= 4 is 23.4 Å². The van der Waals surface area contributed by atoms with Crippen LogP contribution in [0.5, 0.6) is 0 Å². The highest BCUT2D eigenvalue weighted by atomic mass is 32.2. The standard InChI is InChI=1S/C26H23F2N3OS/c27-20-14-15-22(21(28)17-20)29-23(32)13-7-8-16-33-26-30-24(18-9-3-1-4-10-18)25(31-26)19-11-5-2-6-12-19/h1-6,9-12,14-15,17H,7-8,13,16H2,(H,29,32)(H,30,31). The molecule has 1 amide bonds. The van der Waals surface area contributed by atoms with Crippen LogP contribution in [0, 0.1) is 11.6 Å². The molecule has 0 atom stereocenters. The van der Waals surface area contributed by atoms with Crippen LogP contribution >= 0.6 is 11.8 Å². The van der Waals surface area contributed by atoms with E-state index in [-0.39, 0.29) is 18.0 Å². The molecule has 0 spiro atoms. The van der Waals surface area contributed by atoms with Crippen LogP contribution in [-0.2, 0) is 4.79 Å². The summed E-state index contributed by atoms with van der Waals surface area (Å²) in [6, 6.07) is 23.2. The molecular formula is C26H23F2N3OS. The number of rotatable bonds is 9. The lowest BCUT2D eigenvalue weighted by Crippen LogP contribution is -2.12. The lowest BCUT2D eigenvalue weighted by molar-refractivity contribution is -0.116. The Labute approximate surface area is 195 Å². The molecule has 0 saturated carbocycles. The Morgan fingerprint density at radius 2 is 1.61 bits per heavy atom. The van der Waals surface area contributed by atoms with Gasteiger partial charge in [0.1, 0.15) is 11.6 Å². The Balaban J connectivity index is 1.32. The zero-order valence-corrected chi connectivity index (χ0v) is 18.7. The molecule has 0 aliphatic heterocycles. The van der Waals surface area contributed by atoms with Gasteiger partial charge in [-0.1, -0.05) is 72.4 Å². The minimum absolute atomic E-state index is 0.00626. The summed E-state index contributed by atoms with van der Waals surface area (Å²) in [5.41, 5.74) is 3.99. The number of unbranched alkanes of at least 4 members (excludes halogenated alkanes) is 1. The molecule has 4 nitrogen and oxygen atoms in total. The second-order valence-electron chi connectivity index (χ2n) is 7.48. The maximum atomic E-state index is 13.7. The average Bonchev–Trinajstić information content (AvgIpc) is 3.26. The van der Waals surface area contributed by atoms with Crippen molar-refractivity contribution < 1.29 is 13.6 Å². The summed E-state index contributed by atoms with van der Waals surface area (Å²) in [6.45, 7) is 0. The number of H-pyrrole nitrogens is 1. The highest BCUT2D eigenvalue weighted by Gasteiger charge is 2.14. The zero-order chi connectivity index (χ0) is 23.0. The summed E-state index contributed by atoms with van der Waals surface area (Å²) in [5.74, 6) is -0.957. The number of carbonyl (C=O) groups is 1. The van der Waals surface area contributed by atoms with Crippen molar-refractivity contribution in [3.05, 3.63) is 90.5 Å². The van der Waals surface area contributed by atoms with E-state index in [4.69, 9.17) is 4.98 Å². The average molecular weight is 464 g/mol. The maximum absolute atomic E-state index is 13.7. The number of amides is 1. The van der Waals surface area contributed by atoms with E-state index in [0.717, 1.165) is 52.0 Å². The molecule has 1 aromatic heterocycles. The predicted molar refractivity (Wildman–Crippen MR) is 129 cm³/mol. The number of halogens is 2. The molecule has 0 aliphatic carbocycles. The molecule has 0 saturated heterocycles. The van der Waals surface area contributed by atoms with Crippen LogP contribution in [0.4, 0.5) is 14.5 Å². The molecule has 0 aliphatic rings. The van der Waals surface area contributed by atoms with Crippen molar-refractivity contribution in [2.45, 2.75) is 24.4 Å². The van der Waals surface area contributed by atoms with Gasteiger partial charge in [-0.15, -0.1) is 0 Å². The number of anilines is 1. The predicted octanol–water partition coefficient (Wildman–Crippen LogP) is 6.92. The minimum Gasteiger partial charge on any atom is -0.332 e. The van der Waals surface area contributed by atoms with Crippen molar-refractivity contribution in [3.63, 3.8) is 0 Å². The molecule has 1 heterocycles. The molecule has 0 fully saturated rings. The first kappa shape index (κ1) is 22.7. The van der Waals surface area contributed by atoms with Gasteiger partial charge in [-0.05, 0) is 25.0 Å². The molecule has 0 bridgehead atoms. The normalized spacial score (nSPS) is 10.8. The third kappa shape index (κ3) is 6.08. The summed E-state index contributed by atoms with van der Waals surface area (Å²) >= 11 is 1.60. The lowest BCUT2D eigenvalue weighted by atomic mass is 10.1. The highest BCUT2D eigenvalue weighted by Crippen LogP contribution is 2.32. The minimum atomic E-state index is -0.778. The van der Waals surface area contributed by atoms with Crippen LogP contribution in [0.15, 0.2) is 84.0 Å². The third-order valence-electron chi connectivity index (χ3n) is 5.03. The number of aromatic nitrogens is 2. The number of nitrogens with one attached hydrogen (secondary N) is 2.